The molecule has 0 aliphatic rings. The van der Waals surface area contributed by atoms with Gasteiger partial charge in [-0.2, -0.15) is 11.8 Å². The molecule has 0 N–H and O–H groups in total. The molecule has 0 aliphatic heterocycles. The second-order valence-corrected chi connectivity index (χ2v) is 2.81. The lowest BCUT2D eigenvalue weighted by Crippen LogP contribution is -1.69. The van der Waals surface area contributed by atoms with Gasteiger partial charge < -0.3 is 4.42 Å². The molecule has 0 saturated heterocycles. The van der Waals surface area contributed by atoms with Crippen LogP contribution < -0.4 is 0 Å². The van der Waals surface area contributed by atoms with Crippen LogP contribution in [0.15, 0.2) is 23.1 Å². The molecule has 0 atom stereocenters. The smallest absolute Gasteiger partial charge is 0.126 e. The van der Waals surface area contributed by atoms with Crippen LogP contribution in [0.1, 0.15) is 11.5 Å². The first-order valence-corrected chi connectivity index (χ1v) is 4.46. The van der Waals surface area contributed by atoms with Gasteiger partial charge in [-0.05, 0) is 24.5 Å². The van der Waals surface area contributed by atoms with Gasteiger partial charge in [0.25, 0.3) is 0 Å². The van der Waals surface area contributed by atoms with Gasteiger partial charge in [-0.25, -0.2) is 0 Å². The molecule has 0 aliphatic carbocycles. The largest absolute Gasteiger partial charge is 0.461 e. The van der Waals surface area contributed by atoms with Crippen molar-refractivity contribution in [1.82, 2.24) is 0 Å². The third-order valence-electron chi connectivity index (χ3n) is 1.17. The topological polar surface area (TPSA) is 13.1 Å². The van der Waals surface area contributed by atoms with Gasteiger partial charge in [-0.15, -0.1) is 0 Å². The van der Waals surface area contributed by atoms with Crippen molar-refractivity contribution in [3.63, 3.8) is 0 Å². The van der Waals surface area contributed by atoms with Crippen LogP contribution in [0.25, 0.3) is 6.08 Å². The highest BCUT2D eigenvalue weighted by Crippen LogP contribution is 2.13. The summed E-state index contributed by atoms with van der Waals surface area (Å²) in [5.74, 6) is 2.81. The average molecular weight is 154 g/mol. The quantitative estimate of drug-likeness (QED) is 0.664. The van der Waals surface area contributed by atoms with Crippen molar-refractivity contribution >= 4 is 17.8 Å². The molecular formula is C8H10OS. The fourth-order valence-electron chi connectivity index (χ4n) is 0.724. The van der Waals surface area contributed by atoms with Crippen LogP contribution in [0.5, 0.6) is 0 Å². The first-order valence-electron chi connectivity index (χ1n) is 3.07. The second-order valence-electron chi connectivity index (χ2n) is 1.94. The number of hydrogen-bond acceptors (Lipinski definition) is 2. The Morgan fingerprint density at radius 1 is 1.70 bits per heavy atom. The molecule has 10 heavy (non-hydrogen) atoms. The van der Waals surface area contributed by atoms with Crippen LogP contribution in [-0.4, -0.2) is 6.26 Å². The van der Waals surface area contributed by atoms with Crippen LogP contribution in [0.3, 0.4) is 0 Å². The minimum Gasteiger partial charge on any atom is -0.461 e. The van der Waals surface area contributed by atoms with Gasteiger partial charge in [0.2, 0.25) is 0 Å². The van der Waals surface area contributed by atoms with Gasteiger partial charge in [0.15, 0.2) is 0 Å². The minimum absolute atomic E-state index is 0.851. The summed E-state index contributed by atoms with van der Waals surface area (Å²) in [4.78, 5) is 0. The van der Waals surface area contributed by atoms with Crippen molar-refractivity contribution in [2.24, 2.45) is 0 Å². The van der Waals surface area contributed by atoms with Gasteiger partial charge in [-0.3, -0.25) is 0 Å². The van der Waals surface area contributed by atoms with Gasteiger partial charge in [0.05, 0.1) is 5.75 Å². The fraction of sp³-hybridized carbons (Fsp3) is 0.250. The maximum Gasteiger partial charge on any atom is 0.126 e. The van der Waals surface area contributed by atoms with E-state index in [-0.39, 0.29) is 0 Å². The number of furan rings is 1. The Kier molecular flexibility index (Phi) is 2.63. The predicted octanol–water partition coefficient (Wildman–Crippen LogP) is 2.79. The van der Waals surface area contributed by atoms with Crippen molar-refractivity contribution in [3.8, 4) is 0 Å². The highest BCUT2D eigenvalue weighted by molar-refractivity contribution is 7.97. The molecule has 0 spiro atoms. The van der Waals surface area contributed by atoms with Crippen LogP contribution in [-0.2, 0) is 5.75 Å². The van der Waals surface area contributed by atoms with Crippen molar-refractivity contribution in [2.45, 2.75) is 5.75 Å². The summed E-state index contributed by atoms with van der Waals surface area (Å²) in [7, 11) is 0. The standard InChI is InChI=1S/C8H10OS/c1-3-7-4-5-8(9-7)6-10-2/h3-5H,1,6H2,2H3. The number of thioether (sulfide) groups is 1. The minimum atomic E-state index is 0.851. The van der Waals surface area contributed by atoms with Crippen molar-refractivity contribution in [2.75, 3.05) is 6.26 Å². The molecule has 54 valence electrons. The van der Waals surface area contributed by atoms with E-state index >= 15 is 0 Å². The van der Waals surface area contributed by atoms with Gasteiger partial charge in [-0.1, -0.05) is 6.58 Å². The molecule has 0 radical (unpaired) electrons. The van der Waals surface area contributed by atoms with E-state index in [4.69, 9.17) is 4.42 Å². The summed E-state index contributed by atoms with van der Waals surface area (Å²) in [6.45, 7) is 3.60. The molecule has 0 amide bonds. The molecule has 0 saturated carbocycles. The maximum absolute atomic E-state index is 5.33. The van der Waals surface area contributed by atoms with E-state index < -0.39 is 0 Å². The summed E-state index contributed by atoms with van der Waals surface area (Å²) in [6.07, 6.45) is 3.76. The predicted molar refractivity (Wildman–Crippen MR) is 46.0 cm³/mol. The third kappa shape index (κ3) is 1.67. The van der Waals surface area contributed by atoms with E-state index in [1.807, 2.05) is 12.1 Å². The monoisotopic (exact) mass is 154 g/mol. The van der Waals surface area contributed by atoms with Crippen LogP contribution in [0.2, 0.25) is 0 Å². The summed E-state index contributed by atoms with van der Waals surface area (Å²) < 4.78 is 5.33. The normalized spacial score (nSPS) is 9.70. The molecule has 0 fully saturated rings. The Morgan fingerprint density at radius 2 is 2.50 bits per heavy atom. The Balaban J connectivity index is 2.68. The van der Waals surface area contributed by atoms with Gasteiger partial charge >= 0.3 is 0 Å². The van der Waals surface area contributed by atoms with E-state index in [1.165, 1.54) is 0 Å². The zero-order valence-corrected chi connectivity index (χ0v) is 6.78. The highest BCUT2D eigenvalue weighted by Gasteiger charge is 1.95. The van der Waals surface area contributed by atoms with Crippen LogP contribution >= 0.6 is 11.8 Å². The molecule has 2 heteroatoms. The number of hydrogen-bond donors (Lipinski definition) is 0. The first-order chi connectivity index (χ1) is 4.86. The molecule has 0 unspecified atom stereocenters. The fourth-order valence-corrected chi connectivity index (χ4v) is 1.16. The van der Waals surface area contributed by atoms with E-state index in [0.29, 0.717) is 0 Å². The molecule has 1 heterocycles. The molecule has 0 aromatic carbocycles. The highest BCUT2D eigenvalue weighted by atomic mass is 32.2. The third-order valence-corrected chi connectivity index (χ3v) is 1.74. The zero-order chi connectivity index (χ0) is 7.40. The Bertz CT molecular complexity index is 215. The Hall–Kier alpha value is -0.630. The maximum atomic E-state index is 5.33. The SMILES string of the molecule is C=Cc1ccc(CSC)o1. The van der Waals surface area contributed by atoms with Crippen molar-refractivity contribution < 1.29 is 4.42 Å². The van der Waals surface area contributed by atoms with Gasteiger partial charge in [0, 0.05) is 0 Å². The average Bonchev–Trinajstić information content (AvgIpc) is 2.37. The van der Waals surface area contributed by atoms with Gasteiger partial charge in [0.1, 0.15) is 11.5 Å². The van der Waals surface area contributed by atoms with E-state index in [0.717, 1.165) is 17.3 Å². The first kappa shape index (κ1) is 7.48. The Morgan fingerprint density at radius 3 is 3.00 bits per heavy atom. The summed E-state index contributed by atoms with van der Waals surface area (Å²) in [6, 6.07) is 3.91. The van der Waals surface area contributed by atoms with Crippen molar-refractivity contribution in [3.05, 3.63) is 30.2 Å². The Labute approximate surface area is 65.1 Å². The number of rotatable bonds is 3. The van der Waals surface area contributed by atoms with Crippen LogP contribution in [0, 0.1) is 0 Å². The van der Waals surface area contributed by atoms with E-state index in [9.17, 15) is 0 Å². The second kappa shape index (κ2) is 3.52. The lowest BCUT2D eigenvalue weighted by molar-refractivity contribution is 0.521. The summed E-state index contributed by atoms with van der Waals surface area (Å²) >= 11 is 1.75. The van der Waals surface area contributed by atoms with Crippen LogP contribution in [0.4, 0.5) is 0 Å². The molecule has 0 bridgehead atoms. The van der Waals surface area contributed by atoms with E-state index in [2.05, 4.69) is 12.8 Å². The van der Waals surface area contributed by atoms with E-state index in [1.54, 1.807) is 17.8 Å². The zero-order valence-electron chi connectivity index (χ0n) is 5.96. The lowest BCUT2D eigenvalue weighted by atomic mass is 10.4. The van der Waals surface area contributed by atoms with Crippen molar-refractivity contribution in [1.29, 1.82) is 0 Å². The molecular weight excluding hydrogens is 144 g/mol. The molecule has 1 aromatic rings. The summed E-state index contributed by atoms with van der Waals surface area (Å²) in [5, 5.41) is 0. The molecule has 1 nitrogen and oxygen atoms in total. The molecule has 1 rings (SSSR count). The lowest BCUT2D eigenvalue weighted by Gasteiger charge is -1.88. The molecule has 1 aromatic heterocycles. The summed E-state index contributed by atoms with van der Waals surface area (Å²) in [5.41, 5.74) is 0.